The Morgan fingerprint density at radius 2 is 1.95 bits per heavy atom. The predicted molar refractivity (Wildman–Crippen MR) is 80.4 cm³/mol. The summed E-state index contributed by atoms with van der Waals surface area (Å²) >= 11 is 0. The second-order valence-electron chi connectivity index (χ2n) is 6.86. The van der Waals surface area contributed by atoms with Crippen LogP contribution in [0.15, 0.2) is 18.2 Å². The normalized spacial score (nSPS) is 26.5. The minimum Gasteiger partial charge on any atom is -0.355 e. The van der Waals surface area contributed by atoms with E-state index in [2.05, 4.69) is 17.6 Å². The number of piperidine rings is 1. The molecule has 2 aliphatic rings. The molecule has 0 radical (unpaired) electrons. The van der Waals surface area contributed by atoms with Gasteiger partial charge in [0.2, 0.25) is 5.91 Å². The monoisotopic (exact) mass is 308 g/mol. The van der Waals surface area contributed by atoms with Crippen LogP contribution in [0.25, 0.3) is 0 Å². The van der Waals surface area contributed by atoms with E-state index in [0.717, 1.165) is 25.9 Å². The van der Waals surface area contributed by atoms with Gasteiger partial charge in [-0.2, -0.15) is 0 Å². The van der Waals surface area contributed by atoms with Crippen molar-refractivity contribution in [1.82, 2.24) is 10.6 Å². The van der Waals surface area contributed by atoms with Crippen LogP contribution in [-0.4, -0.2) is 25.5 Å². The van der Waals surface area contributed by atoms with Gasteiger partial charge in [0, 0.05) is 23.9 Å². The van der Waals surface area contributed by atoms with Crippen LogP contribution in [0.3, 0.4) is 0 Å². The van der Waals surface area contributed by atoms with Crippen LogP contribution >= 0.6 is 0 Å². The number of nitrogens with one attached hydrogen (secondary N) is 2. The van der Waals surface area contributed by atoms with Crippen molar-refractivity contribution in [3.63, 3.8) is 0 Å². The standard InChI is InChI=1S/C17H22F2N2O/c1-17(5-7-20-8-6-17)10-21-16(22)12-9-11(12)15-13(18)3-2-4-14(15)19/h2-4,11-12,20H,5-10H2,1H3,(H,21,22). The van der Waals surface area contributed by atoms with E-state index in [1.165, 1.54) is 18.2 Å². The molecule has 5 heteroatoms. The summed E-state index contributed by atoms with van der Waals surface area (Å²) in [6.07, 6.45) is 2.59. The van der Waals surface area contributed by atoms with Crippen molar-refractivity contribution in [1.29, 1.82) is 0 Å². The fourth-order valence-electron chi connectivity index (χ4n) is 3.31. The van der Waals surface area contributed by atoms with Gasteiger partial charge in [-0.15, -0.1) is 0 Å². The molecule has 1 aliphatic heterocycles. The summed E-state index contributed by atoms with van der Waals surface area (Å²) in [4.78, 5) is 12.2. The van der Waals surface area contributed by atoms with Crippen molar-refractivity contribution in [2.45, 2.75) is 32.1 Å². The van der Waals surface area contributed by atoms with Crippen LogP contribution in [0, 0.1) is 23.0 Å². The lowest BCUT2D eigenvalue weighted by Gasteiger charge is -2.34. The van der Waals surface area contributed by atoms with Gasteiger partial charge in [0.25, 0.3) is 0 Å². The SMILES string of the molecule is CC1(CNC(=O)C2CC2c2c(F)cccc2F)CCNCC1. The second kappa shape index (κ2) is 5.95. The minimum absolute atomic E-state index is 0.0655. The van der Waals surface area contributed by atoms with Gasteiger partial charge >= 0.3 is 0 Å². The molecule has 0 aromatic heterocycles. The van der Waals surface area contributed by atoms with Gasteiger partial charge in [0.1, 0.15) is 11.6 Å². The summed E-state index contributed by atoms with van der Waals surface area (Å²) < 4.78 is 27.5. The Kier molecular flexibility index (Phi) is 4.17. The van der Waals surface area contributed by atoms with Crippen molar-refractivity contribution in [3.05, 3.63) is 35.4 Å². The highest BCUT2D eigenvalue weighted by molar-refractivity contribution is 5.83. The summed E-state index contributed by atoms with van der Waals surface area (Å²) in [6, 6.07) is 3.85. The van der Waals surface area contributed by atoms with Gasteiger partial charge in [-0.05, 0) is 49.9 Å². The van der Waals surface area contributed by atoms with Crippen LogP contribution in [0.2, 0.25) is 0 Å². The van der Waals surface area contributed by atoms with E-state index in [1.54, 1.807) is 0 Å². The molecular weight excluding hydrogens is 286 g/mol. The Hall–Kier alpha value is -1.49. The van der Waals surface area contributed by atoms with Crippen molar-refractivity contribution >= 4 is 5.91 Å². The lowest BCUT2D eigenvalue weighted by Crippen LogP contribution is -2.43. The Balaban J connectivity index is 1.57. The molecule has 2 unspecified atom stereocenters. The highest BCUT2D eigenvalue weighted by Gasteiger charge is 2.46. The van der Waals surface area contributed by atoms with Gasteiger partial charge in [-0.1, -0.05) is 13.0 Å². The number of carbonyl (C=O) groups excluding carboxylic acids is 1. The zero-order valence-corrected chi connectivity index (χ0v) is 12.8. The van der Waals surface area contributed by atoms with E-state index in [9.17, 15) is 13.6 Å². The van der Waals surface area contributed by atoms with Crippen LogP contribution in [-0.2, 0) is 4.79 Å². The lowest BCUT2D eigenvalue weighted by molar-refractivity contribution is -0.123. The Labute approximate surface area is 129 Å². The Bertz CT molecular complexity index is 550. The average Bonchev–Trinajstić information content (AvgIpc) is 3.26. The maximum atomic E-state index is 13.7. The molecule has 0 bridgehead atoms. The molecule has 1 aromatic rings. The fourth-order valence-corrected chi connectivity index (χ4v) is 3.31. The first kappa shape index (κ1) is 15.4. The van der Waals surface area contributed by atoms with E-state index < -0.39 is 11.6 Å². The number of benzene rings is 1. The zero-order chi connectivity index (χ0) is 15.7. The molecule has 120 valence electrons. The van der Waals surface area contributed by atoms with Gasteiger partial charge in [-0.25, -0.2) is 8.78 Å². The number of rotatable bonds is 4. The smallest absolute Gasteiger partial charge is 0.223 e. The molecule has 1 saturated heterocycles. The molecule has 1 aromatic carbocycles. The number of carbonyl (C=O) groups is 1. The van der Waals surface area contributed by atoms with Gasteiger partial charge < -0.3 is 10.6 Å². The van der Waals surface area contributed by atoms with Crippen LogP contribution in [0.4, 0.5) is 8.78 Å². The molecule has 0 spiro atoms. The van der Waals surface area contributed by atoms with Crippen molar-refractivity contribution in [2.24, 2.45) is 11.3 Å². The summed E-state index contributed by atoms with van der Waals surface area (Å²) in [6.45, 7) is 4.75. The first-order valence-corrected chi connectivity index (χ1v) is 7.92. The average molecular weight is 308 g/mol. The third-order valence-corrected chi connectivity index (χ3v) is 5.00. The summed E-state index contributed by atoms with van der Waals surface area (Å²) in [7, 11) is 0. The third-order valence-electron chi connectivity index (χ3n) is 5.00. The quantitative estimate of drug-likeness (QED) is 0.897. The molecule has 1 aliphatic carbocycles. The molecule has 2 N–H and O–H groups in total. The largest absolute Gasteiger partial charge is 0.355 e. The van der Waals surface area contributed by atoms with E-state index in [0.29, 0.717) is 13.0 Å². The summed E-state index contributed by atoms with van der Waals surface area (Å²) in [5, 5.41) is 6.29. The zero-order valence-electron chi connectivity index (χ0n) is 12.8. The molecule has 3 rings (SSSR count). The maximum Gasteiger partial charge on any atom is 0.223 e. The number of hydrogen-bond acceptors (Lipinski definition) is 2. The lowest BCUT2D eigenvalue weighted by atomic mass is 9.81. The molecule has 2 fully saturated rings. The molecule has 3 nitrogen and oxygen atoms in total. The van der Waals surface area contributed by atoms with Gasteiger partial charge in [-0.3, -0.25) is 4.79 Å². The Morgan fingerprint density at radius 1 is 1.32 bits per heavy atom. The van der Waals surface area contributed by atoms with Crippen LogP contribution in [0.1, 0.15) is 37.7 Å². The van der Waals surface area contributed by atoms with E-state index >= 15 is 0 Å². The molecule has 22 heavy (non-hydrogen) atoms. The van der Waals surface area contributed by atoms with Crippen LogP contribution in [0.5, 0.6) is 0 Å². The van der Waals surface area contributed by atoms with Crippen LogP contribution < -0.4 is 10.6 Å². The number of halogens is 2. The number of amides is 1. The summed E-state index contributed by atoms with van der Waals surface area (Å²) in [5.74, 6) is -1.79. The molecule has 1 heterocycles. The maximum absolute atomic E-state index is 13.7. The molecular formula is C17H22F2N2O. The predicted octanol–water partition coefficient (Wildman–Crippen LogP) is 2.57. The Morgan fingerprint density at radius 3 is 2.59 bits per heavy atom. The van der Waals surface area contributed by atoms with Crippen molar-refractivity contribution in [3.8, 4) is 0 Å². The minimum atomic E-state index is -0.550. The molecule has 1 saturated carbocycles. The topological polar surface area (TPSA) is 41.1 Å². The van der Waals surface area contributed by atoms with E-state index in [-0.39, 0.29) is 28.7 Å². The molecule has 1 amide bonds. The fraction of sp³-hybridized carbons (Fsp3) is 0.588. The highest BCUT2D eigenvalue weighted by Crippen LogP contribution is 2.49. The third kappa shape index (κ3) is 3.14. The van der Waals surface area contributed by atoms with E-state index in [4.69, 9.17) is 0 Å². The highest BCUT2D eigenvalue weighted by atomic mass is 19.1. The second-order valence-corrected chi connectivity index (χ2v) is 6.86. The summed E-state index contributed by atoms with van der Waals surface area (Å²) in [5.41, 5.74) is 0.185. The van der Waals surface area contributed by atoms with Gasteiger partial charge in [0.15, 0.2) is 0 Å². The molecule has 2 atom stereocenters. The number of hydrogen-bond donors (Lipinski definition) is 2. The first-order chi connectivity index (χ1) is 10.5. The van der Waals surface area contributed by atoms with Gasteiger partial charge in [0.05, 0.1) is 0 Å². The first-order valence-electron chi connectivity index (χ1n) is 7.92. The van der Waals surface area contributed by atoms with Crippen molar-refractivity contribution in [2.75, 3.05) is 19.6 Å². The van der Waals surface area contributed by atoms with E-state index in [1.807, 2.05) is 0 Å². The van der Waals surface area contributed by atoms with Crippen molar-refractivity contribution < 1.29 is 13.6 Å².